The van der Waals surface area contributed by atoms with Crippen molar-refractivity contribution in [3.63, 3.8) is 0 Å². The molecular weight excluding hydrogens is 324 g/mol. The summed E-state index contributed by atoms with van der Waals surface area (Å²) < 4.78 is 0. The summed E-state index contributed by atoms with van der Waals surface area (Å²) in [7, 11) is 0. The van der Waals surface area contributed by atoms with Crippen molar-refractivity contribution in [2.75, 3.05) is 0 Å². The van der Waals surface area contributed by atoms with Gasteiger partial charge in [0, 0.05) is 0 Å². The van der Waals surface area contributed by atoms with Gasteiger partial charge >= 0.3 is 0 Å². The molecule has 0 aliphatic carbocycles. The first-order valence-electron chi connectivity index (χ1n) is 10.9. The average molecular weight is 379 g/mol. The van der Waals surface area contributed by atoms with Crippen molar-refractivity contribution in [2.24, 2.45) is 11.8 Å². The van der Waals surface area contributed by atoms with Gasteiger partial charge in [-0.3, -0.25) is 0 Å². The van der Waals surface area contributed by atoms with Gasteiger partial charge in [-0.25, -0.2) is 0 Å². The first-order valence-corrected chi connectivity index (χ1v) is 10.9. The lowest BCUT2D eigenvalue weighted by Crippen LogP contribution is -1.98. The van der Waals surface area contributed by atoms with Crippen LogP contribution in [0.4, 0.5) is 0 Å². The summed E-state index contributed by atoms with van der Waals surface area (Å²) >= 11 is 0. The predicted molar refractivity (Wildman–Crippen MR) is 132 cm³/mol. The number of allylic oxidation sites excluding steroid dienone is 2. The molecule has 0 spiro atoms. The third kappa shape index (κ3) is 14.7. The van der Waals surface area contributed by atoms with E-state index in [2.05, 4.69) is 93.5 Å². The van der Waals surface area contributed by atoms with Gasteiger partial charge in [0.1, 0.15) is 0 Å². The first-order chi connectivity index (χ1) is 12.1. The molecule has 0 nitrogen and oxygen atoms in total. The molecule has 0 unspecified atom stereocenters. The van der Waals surface area contributed by atoms with Crippen LogP contribution in [0.5, 0.6) is 0 Å². The van der Waals surface area contributed by atoms with Gasteiger partial charge in [-0.1, -0.05) is 126 Å². The molecule has 0 N–H and O–H groups in total. The maximum Gasteiger partial charge on any atom is -0.0216 e. The van der Waals surface area contributed by atoms with E-state index in [1.54, 1.807) is 11.1 Å². The highest BCUT2D eigenvalue weighted by atomic mass is 14.1. The quantitative estimate of drug-likeness (QED) is 0.457. The summed E-state index contributed by atoms with van der Waals surface area (Å²) in [5, 5.41) is 0. The van der Waals surface area contributed by atoms with E-state index in [9.17, 15) is 0 Å². The molecule has 0 saturated carbocycles. The average Bonchev–Trinajstić information content (AvgIpc) is 2.64. The van der Waals surface area contributed by atoms with Gasteiger partial charge in [0.15, 0.2) is 0 Å². The van der Waals surface area contributed by atoms with Crippen LogP contribution in [0.2, 0.25) is 0 Å². The highest BCUT2D eigenvalue weighted by Crippen LogP contribution is 2.25. The van der Waals surface area contributed by atoms with E-state index in [-0.39, 0.29) is 7.43 Å². The maximum atomic E-state index is 2.25. The molecule has 0 saturated heterocycles. The van der Waals surface area contributed by atoms with Crippen molar-refractivity contribution in [3.05, 3.63) is 46.5 Å². The zero-order valence-electron chi connectivity index (χ0n) is 20.6. The van der Waals surface area contributed by atoms with Crippen molar-refractivity contribution in [2.45, 2.75) is 116 Å². The van der Waals surface area contributed by atoms with Gasteiger partial charge in [0.2, 0.25) is 0 Å². The van der Waals surface area contributed by atoms with Gasteiger partial charge < -0.3 is 0 Å². The van der Waals surface area contributed by atoms with Crippen LogP contribution in [0.15, 0.2) is 35.4 Å². The molecule has 162 valence electrons. The summed E-state index contributed by atoms with van der Waals surface area (Å²) in [5.74, 6) is 2.71. The number of benzene rings is 1. The Morgan fingerprint density at radius 3 is 0.926 bits per heavy atom. The highest BCUT2D eigenvalue weighted by molar-refractivity contribution is 5.31. The van der Waals surface area contributed by atoms with Crippen LogP contribution in [0, 0.1) is 11.8 Å². The van der Waals surface area contributed by atoms with E-state index in [1.165, 1.54) is 11.1 Å². The van der Waals surface area contributed by atoms with Crippen LogP contribution < -0.4 is 0 Å². The molecule has 0 radical (unpaired) electrons. The molecule has 1 aromatic carbocycles. The van der Waals surface area contributed by atoms with Crippen molar-refractivity contribution in [1.29, 1.82) is 0 Å². The number of rotatable bonds is 4. The molecule has 0 heterocycles. The Kier molecular flexibility index (Phi) is 24.5. The van der Waals surface area contributed by atoms with E-state index in [4.69, 9.17) is 0 Å². The Morgan fingerprint density at radius 1 is 0.556 bits per heavy atom. The van der Waals surface area contributed by atoms with E-state index in [0.717, 1.165) is 0 Å². The predicted octanol–water partition coefficient (Wildman–Crippen LogP) is 10.3. The lowest BCUT2D eigenvalue weighted by molar-refractivity contribution is 0.691. The maximum absolute atomic E-state index is 2.25. The second-order valence-corrected chi connectivity index (χ2v) is 7.61. The molecule has 0 atom stereocenters. The molecule has 1 rings (SSSR count). The Bertz CT molecular complexity index is 416. The second kappa shape index (κ2) is 19.7. The Morgan fingerprint density at radius 2 is 0.778 bits per heavy atom. The lowest BCUT2D eigenvalue weighted by Gasteiger charge is -2.14. The molecule has 0 aliphatic rings. The van der Waals surface area contributed by atoms with Crippen LogP contribution >= 0.6 is 0 Å². The van der Waals surface area contributed by atoms with E-state index in [0.29, 0.717) is 23.7 Å². The molecular formula is C27H54. The molecule has 0 amide bonds. The summed E-state index contributed by atoms with van der Waals surface area (Å²) in [5.41, 5.74) is 6.09. The summed E-state index contributed by atoms with van der Waals surface area (Å²) in [6.45, 7) is 30.5. The first kappa shape index (κ1) is 33.5. The summed E-state index contributed by atoms with van der Waals surface area (Å²) in [4.78, 5) is 0. The zero-order chi connectivity index (χ0) is 21.4. The summed E-state index contributed by atoms with van der Waals surface area (Å²) in [6, 6.07) is 8.72. The van der Waals surface area contributed by atoms with Crippen molar-refractivity contribution in [3.8, 4) is 0 Å². The van der Waals surface area contributed by atoms with Gasteiger partial charge in [-0.2, -0.15) is 0 Å². The van der Waals surface area contributed by atoms with Gasteiger partial charge in [0.05, 0.1) is 0 Å². The second-order valence-electron chi connectivity index (χ2n) is 7.61. The molecule has 27 heavy (non-hydrogen) atoms. The van der Waals surface area contributed by atoms with Crippen molar-refractivity contribution in [1.82, 2.24) is 0 Å². The number of hydrogen-bond donors (Lipinski definition) is 0. The third-order valence-electron chi connectivity index (χ3n) is 4.59. The Balaban J connectivity index is -0.000000162. The molecule has 0 fully saturated rings. The van der Waals surface area contributed by atoms with E-state index >= 15 is 0 Å². The fraction of sp³-hybridized carbons (Fsp3) is 0.704. The smallest absolute Gasteiger partial charge is 0.0216 e. The minimum atomic E-state index is 0. The fourth-order valence-electron chi connectivity index (χ4n) is 2.47. The van der Waals surface area contributed by atoms with E-state index < -0.39 is 0 Å². The van der Waals surface area contributed by atoms with E-state index in [1.807, 2.05) is 27.7 Å². The number of hydrogen-bond acceptors (Lipinski definition) is 0. The molecule has 0 bridgehead atoms. The fourth-order valence-corrected chi connectivity index (χ4v) is 2.47. The van der Waals surface area contributed by atoms with Gasteiger partial charge in [-0.15, -0.1) is 0 Å². The van der Waals surface area contributed by atoms with Crippen molar-refractivity contribution >= 4 is 0 Å². The zero-order valence-corrected chi connectivity index (χ0v) is 20.6. The minimum Gasteiger partial charge on any atom is -0.0776 e. The SMILES string of the molecule is C.C/C(=C(\C)C(C)C)C(C)C.CC.CC.CC(C)c1ccccc1C(C)C. The Hall–Kier alpha value is -1.04. The van der Waals surface area contributed by atoms with Crippen LogP contribution in [0.25, 0.3) is 0 Å². The molecule has 0 heteroatoms. The third-order valence-corrected chi connectivity index (χ3v) is 4.59. The van der Waals surface area contributed by atoms with Crippen molar-refractivity contribution < 1.29 is 0 Å². The minimum absolute atomic E-state index is 0. The highest BCUT2D eigenvalue weighted by Gasteiger charge is 2.07. The molecule has 1 aromatic rings. The van der Waals surface area contributed by atoms with Crippen LogP contribution in [-0.2, 0) is 0 Å². The normalized spacial score (nSPS) is 10.7. The molecule has 0 aliphatic heterocycles. The van der Waals surface area contributed by atoms with Gasteiger partial charge in [-0.05, 0) is 48.6 Å². The topological polar surface area (TPSA) is 0 Å². The molecule has 0 aromatic heterocycles. The Labute approximate surface area is 174 Å². The standard InChI is InChI=1S/C12H18.C10H20.2C2H6.CH4/c1-9(2)11-7-5-6-8-12(11)10(3)4;1-7(2)9(5)10(6)8(3)4;2*1-2;/h5-10H,1-4H3;7-8H,1-6H3;2*1-2H3;1H4/b;10-9-;;;. The lowest BCUT2D eigenvalue weighted by atomic mass is 9.91. The monoisotopic (exact) mass is 378 g/mol. The van der Waals surface area contributed by atoms with Crippen LogP contribution in [0.1, 0.15) is 127 Å². The summed E-state index contributed by atoms with van der Waals surface area (Å²) in [6.07, 6.45) is 0. The van der Waals surface area contributed by atoms with Crippen LogP contribution in [0.3, 0.4) is 0 Å². The van der Waals surface area contributed by atoms with Crippen LogP contribution in [-0.4, -0.2) is 0 Å². The largest absolute Gasteiger partial charge is 0.0776 e. The van der Waals surface area contributed by atoms with Gasteiger partial charge in [0.25, 0.3) is 0 Å².